The van der Waals surface area contributed by atoms with E-state index in [-0.39, 0.29) is 61.1 Å². The molecule has 37 nitrogen and oxygen atoms in total. The largest absolute Gasteiger partial charge is 0.504 e. The quantitative estimate of drug-likeness (QED) is 0.0168. The number of aliphatic hydroxyl groups is 3. The Bertz CT molecular complexity index is 2840. The summed E-state index contributed by atoms with van der Waals surface area (Å²) in [6.45, 7) is -1.54. The number of hydroxylamine groups is 4. The highest BCUT2D eigenvalue weighted by Gasteiger charge is 2.47. The second-order valence-corrected chi connectivity index (χ2v) is 19.9. The summed E-state index contributed by atoms with van der Waals surface area (Å²) in [6.07, 6.45) is -2.13. The lowest BCUT2D eigenvalue weighted by Gasteiger charge is -2.42. The zero-order chi connectivity index (χ0) is 63.0. The number of nitrogens with one attached hydrogen (secondary N) is 12. The van der Waals surface area contributed by atoms with E-state index in [1.165, 1.54) is 25.1 Å². The molecule has 0 aromatic heterocycles. The minimum Gasteiger partial charge on any atom is -0.504 e. The highest BCUT2D eigenvalue weighted by atomic mass is 16.5. The van der Waals surface area contributed by atoms with Crippen molar-refractivity contribution >= 4 is 94.4 Å². The van der Waals surface area contributed by atoms with Crippen molar-refractivity contribution in [1.29, 1.82) is 0 Å². The second-order valence-electron chi connectivity index (χ2n) is 19.9. The molecule has 0 bridgehead atoms. The fourth-order valence-corrected chi connectivity index (χ4v) is 9.16. The zero-order valence-corrected chi connectivity index (χ0v) is 45.8. The van der Waals surface area contributed by atoms with E-state index in [0.29, 0.717) is 22.1 Å². The monoisotopic (exact) mass is 1200 g/mol. The first-order valence-electron chi connectivity index (χ1n) is 26.4. The van der Waals surface area contributed by atoms with Gasteiger partial charge >= 0.3 is 0 Å². The molecule has 0 spiro atoms. The van der Waals surface area contributed by atoms with Gasteiger partial charge in [0.15, 0.2) is 23.7 Å². The van der Waals surface area contributed by atoms with Gasteiger partial charge in [-0.1, -0.05) is 0 Å². The number of quaternary nitrogens is 1. The molecule has 23 N–H and O–H groups in total. The van der Waals surface area contributed by atoms with Crippen molar-refractivity contribution < 1.29 is 103 Å². The van der Waals surface area contributed by atoms with Crippen LogP contribution in [-0.4, -0.2) is 242 Å². The highest BCUT2D eigenvalue weighted by molar-refractivity contribution is 5.99. The van der Waals surface area contributed by atoms with Crippen LogP contribution < -0.4 is 74.9 Å². The molecule has 37 heteroatoms. The number of phenols is 2. The molecule has 5 unspecified atom stereocenters. The van der Waals surface area contributed by atoms with Crippen molar-refractivity contribution in [2.24, 2.45) is 16.5 Å². The summed E-state index contributed by atoms with van der Waals surface area (Å²) in [5.41, 5.74) is 11.1. The number of piperidine rings is 1. The summed E-state index contributed by atoms with van der Waals surface area (Å²) in [5, 5.41) is 98.6. The Hall–Kier alpha value is -9.14. The Morgan fingerprint density at radius 1 is 0.788 bits per heavy atom. The van der Waals surface area contributed by atoms with Crippen LogP contribution in [0.25, 0.3) is 6.08 Å². The third kappa shape index (κ3) is 18.2. The summed E-state index contributed by atoms with van der Waals surface area (Å²) in [7, 11) is 0. The third-order valence-corrected chi connectivity index (χ3v) is 13.6. The number of primary amides is 2. The van der Waals surface area contributed by atoms with Crippen molar-refractivity contribution in [3.8, 4) is 11.5 Å². The fourth-order valence-electron chi connectivity index (χ4n) is 9.16. The van der Waals surface area contributed by atoms with Crippen LogP contribution in [0.3, 0.4) is 0 Å². The molecule has 4 aliphatic heterocycles. The SMILES string of the molecule is C[C@H](NC(=O)[C@@H](CC(N)=O)N(O)C(=O)[C@H](CO)NC(=O)CNC(=O)C1CCN=C(C(CO)NC(=O)[C@@H]2CCNC3C(NC(=O)CC(O)C(N)=O)=Cc4cc(O)c(O)cc4[NH+]32)N1)C(=O)NCC(=O)N[C@H](C)C(=O)NCC(=O)N[C@H]1CCCN(O)C1=O. The maximum atomic E-state index is 14.2. The van der Waals surface area contributed by atoms with Crippen molar-refractivity contribution in [3.05, 3.63) is 23.4 Å². The molecule has 5 rings (SSSR count). The Morgan fingerprint density at radius 2 is 1.42 bits per heavy atom. The van der Waals surface area contributed by atoms with E-state index >= 15 is 0 Å². The molecular weight excluding hydrogens is 1130 g/mol. The molecule has 4 aliphatic rings. The number of benzene rings is 1. The lowest BCUT2D eigenvalue weighted by Crippen LogP contribution is -3.20. The molecule has 0 aliphatic carbocycles. The average molecular weight is 1210 g/mol. The predicted molar refractivity (Wildman–Crippen MR) is 284 cm³/mol. The molecule has 0 saturated carbocycles. The normalized spacial score (nSPS) is 21.0. The summed E-state index contributed by atoms with van der Waals surface area (Å²) in [5.74, 6) is -14.0. The van der Waals surface area contributed by atoms with Gasteiger partial charge in [-0.15, -0.1) is 0 Å². The van der Waals surface area contributed by atoms with E-state index in [2.05, 4.69) is 63.5 Å². The van der Waals surface area contributed by atoms with Crippen LogP contribution >= 0.6 is 0 Å². The fraction of sp³-hybridized carbons (Fsp3) is 0.542. The maximum Gasteiger partial charge on any atom is 0.279 e. The summed E-state index contributed by atoms with van der Waals surface area (Å²) in [6, 6.07) is -8.95. The van der Waals surface area contributed by atoms with Gasteiger partial charge < -0.3 is 90.2 Å². The van der Waals surface area contributed by atoms with Crippen molar-refractivity contribution in [3.63, 3.8) is 0 Å². The lowest BCUT2D eigenvalue weighted by atomic mass is 9.96. The van der Waals surface area contributed by atoms with Gasteiger partial charge in [-0.3, -0.25) is 88.0 Å². The minimum absolute atomic E-state index is 0.0270. The number of aromatic hydroxyl groups is 2. The number of hydrogen-bond donors (Lipinski definition) is 21. The van der Waals surface area contributed by atoms with E-state index < -0.39 is 195 Å². The molecule has 2 fully saturated rings. The van der Waals surface area contributed by atoms with E-state index in [1.807, 2.05) is 0 Å². The number of nitrogens with two attached hydrogens (primary N) is 2. The molecule has 1 aromatic rings. The number of aliphatic hydroxyl groups excluding tert-OH is 3. The third-order valence-electron chi connectivity index (χ3n) is 13.6. The van der Waals surface area contributed by atoms with Gasteiger partial charge in [0.2, 0.25) is 59.1 Å². The first kappa shape index (κ1) is 66.7. The summed E-state index contributed by atoms with van der Waals surface area (Å²) < 4.78 is 0. The first-order chi connectivity index (χ1) is 40.1. The van der Waals surface area contributed by atoms with E-state index in [9.17, 15) is 98.3 Å². The van der Waals surface area contributed by atoms with Gasteiger partial charge in [0, 0.05) is 37.7 Å². The van der Waals surface area contributed by atoms with Gasteiger partial charge in [0.25, 0.3) is 17.7 Å². The van der Waals surface area contributed by atoms with Crippen LogP contribution in [0, 0.1) is 0 Å². The van der Waals surface area contributed by atoms with Gasteiger partial charge in [0.05, 0.1) is 51.4 Å². The maximum absolute atomic E-state index is 14.2. The zero-order valence-electron chi connectivity index (χ0n) is 45.8. The number of fused-ring (bicyclic) bond motifs is 3. The summed E-state index contributed by atoms with van der Waals surface area (Å²) >= 11 is 0. The Balaban J connectivity index is 1.09. The molecule has 466 valence electrons. The van der Waals surface area contributed by atoms with E-state index in [0.717, 1.165) is 6.92 Å². The molecular formula is C48H70N17O20+. The Kier molecular flexibility index (Phi) is 23.9. The van der Waals surface area contributed by atoms with Crippen LogP contribution in [-0.2, 0) is 62.3 Å². The molecule has 11 atom stereocenters. The summed E-state index contributed by atoms with van der Waals surface area (Å²) in [4.78, 5) is 170. The number of carbonyl (C=O) groups excluding carboxylic acids is 13. The molecule has 1 aromatic carbocycles. The number of rotatable bonds is 27. The van der Waals surface area contributed by atoms with Gasteiger partial charge in [-0.05, 0) is 45.3 Å². The number of amidine groups is 1. The molecule has 4 heterocycles. The van der Waals surface area contributed by atoms with Crippen molar-refractivity contribution in [2.45, 2.75) is 113 Å². The van der Waals surface area contributed by atoms with Gasteiger partial charge in [0.1, 0.15) is 59.9 Å². The minimum atomic E-state index is -2.17. The molecule has 2 saturated heterocycles. The second kappa shape index (κ2) is 30.4. The molecule has 0 radical (unpaired) electrons. The molecule has 85 heavy (non-hydrogen) atoms. The standard InChI is InChI=1S/C48H69N17O20/c1-20(42(77)54-16-37(74)58-24-4-3-9-63(84)47(24)82)56-36(73)15-53-43(78)21(2)57-46(81)30(13-34(49)71)65(85)48(83)27(19-67)60-38(75)17-55-44(79)23-5-7-51-40(61-23)26(18-66)62-45(80)28-6-8-52-41-25(59-35(72)14-33(70)39(50)76)10-22-11-31(68)32(69)12-29(22)64(28)41/h10-12,20-21,23-24,26-28,30,33,41,52,66-70,84-85H,3-9,13-19H2,1-2H3,(H2,49,71)(H2,50,76)(H,51,61)(H,53,78)(H,54,77)(H,55,79)(H,56,73)(H,57,81)(H,58,74)(H,59,72)(H,60,75)(H,62,80)/p+1/t20-,21+,23?,24+,26?,27+,28+,30-,33?,41?/m1/s1. The van der Waals surface area contributed by atoms with Crippen LogP contribution in [0.2, 0.25) is 0 Å². The average Bonchev–Trinajstić information content (AvgIpc) is 1.06. The smallest absolute Gasteiger partial charge is 0.279 e. The van der Waals surface area contributed by atoms with Crippen molar-refractivity contribution in [2.75, 3.05) is 52.5 Å². The first-order valence-corrected chi connectivity index (χ1v) is 26.4. The number of carbonyl (C=O) groups is 13. The topological polar surface area (TPSA) is 571 Å². The number of phenolic OH excluding ortho intramolecular Hbond substituents is 2. The Labute approximate surface area is 482 Å². The number of nitrogens with zero attached hydrogens (tertiary/aromatic N) is 3. The molecule has 13 amide bonds. The lowest BCUT2D eigenvalue weighted by molar-refractivity contribution is -0.881. The van der Waals surface area contributed by atoms with Gasteiger partial charge in [-0.25, -0.2) is 10.1 Å². The number of hydrogen-bond acceptors (Lipinski definition) is 23. The van der Waals surface area contributed by atoms with Crippen LogP contribution in [0.5, 0.6) is 11.5 Å². The van der Waals surface area contributed by atoms with Crippen molar-refractivity contribution in [1.82, 2.24) is 68.6 Å². The predicted octanol–water partition coefficient (Wildman–Crippen LogP) is -12.0. The van der Waals surface area contributed by atoms with E-state index in [4.69, 9.17) is 11.5 Å². The number of aliphatic imine (C=N–C) groups is 1. The highest BCUT2D eigenvalue weighted by Crippen LogP contribution is 2.33. The van der Waals surface area contributed by atoms with Crippen LogP contribution in [0.15, 0.2) is 22.8 Å². The van der Waals surface area contributed by atoms with E-state index in [1.54, 1.807) is 0 Å². The Morgan fingerprint density at radius 3 is 2.07 bits per heavy atom. The number of amides is 13. The van der Waals surface area contributed by atoms with Crippen LogP contribution in [0.4, 0.5) is 5.69 Å². The van der Waals surface area contributed by atoms with Gasteiger partial charge in [-0.2, -0.15) is 0 Å². The van der Waals surface area contributed by atoms with Crippen LogP contribution in [0.1, 0.15) is 57.9 Å².